The summed E-state index contributed by atoms with van der Waals surface area (Å²) in [6, 6.07) is 1.85. The van der Waals surface area contributed by atoms with E-state index >= 15 is 0 Å². The van der Waals surface area contributed by atoms with Crippen LogP contribution >= 0.6 is 39.3 Å². The molecule has 0 atom stereocenters. The predicted molar refractivity (Wildman–Crippen MR) is 64.2 cm³/mol. The molecule has 0 spiro atoms. The molecule has 0 aliphatic rings. The van der Waals surface area contributed by atoms with Crippen LogP contribution < -0.4 is 0 Å². The fourth-order valence-electron chi connectivity index (χ4n) is 0.880. The van der Waals surface area contributed by atoms with Crippen molar-refractivity contribution in [1.82, 2.24) is 4.98 Å². The van der Waals surface area contributed by atoms with E-state index in [9.17, 15) is 0 Å². The summed E-state index contributed by atoms with van der Waals surface area (Å²) in [7, 11) is 1.71. The van der Waals surface area contributed by atoms with Crippen LogP contribution in [0.2, 0.25) is 5.02 Å². The molecular weight excluding hydrogens is 286 g/mol. The van der Waals surface area contributed by atoms with E-state index in [1.807, 2.05) is 6.07 Å². The predicted octanol–water partition coefficient (Wildman–Crippen LogP) is 3.63. The molecule has 2 nitrogen and oxygen atoms in total. The number of hydrogen-bond donors (Lipinski definition) is 0. The molecule has 1 heterocycles. The van der Waals surface area contributed by atoms with Gasteiger partial charge in [0.25, 0.3) is 0 Å². The molecule has 0 aromatic carbocycles. The monoisotopic (exact) mass is 295 g/mol. The second-order valence-electron chi connectivity index (χ2n) is 2.64. The van der Waals surface area contributed by atoms with Crippen molar-refractivity contribution in [3.05, 3.63) is 21.8 Å². The van der Waals surface area contributed by atoms with Crippen molar-refractivity contribution in [3.63, 3.8) is 0 Å². The molecule has 0 saturated heterocycles. The zero-order chi connectivity index (χ0) is 10.4. The number of nitrogens with zero attached hydrogens (tertiary/aromatic N) is 1. The third-order valence-corrected chi connectivity index (χ3v) is 3.67. The topological polar surface area (TPSA) is 22.1 Å². The molecule has 1 rings (SSSR count). The van der Waals surface area contributed by atoms with Gasteiger partial charge in [0.1, 0.15) is 5.03 Å². The number of ether oxygens (including phenoxy) is 1. The number of thioether (sulfide) groups is 1. The fraction of sp³-hybridized carbons (Fsp3) is 0.444. The minimum atomic E-state index is 0.651. The fourth-order valence-corrected chi connectivity index (χ4v) is 2.64. The summed E-state index contributed by atoms with van der Waals surface area (Å²) < 4.78 is 5.91. The van der Waals surface area contributed by atoms with Gasteiger partial charge in [-0.2, -0.15) is 0 Å². The van der Waals surface area contributed by atoms with Crippen LogP contribution in [0.25, 0.3) is 0 Å². The standard InChI is InChI=1S/C9H11BrClNOS/c1-13-3-2-4-14-9-8(10)5-7(11)6-12-9/h5-6H,2-4H2,1H3. The molecule has 0 aliphatic heterocycles. The van der Waals surface area contributed by atoms with Crippen LogP contribution in [-0.2, 0) is 4.74 Å². The van der Waals surface area contributed by atoms with Crippen LogP contribution in [0, 0.1) is 0 Å². The van der Waals surface area contributed by atoms with Gasteiger partial charge in [0.05, 0.1) is 9.50 Å². The van der Waals surface area contributed by atoms with E-state index in [0.717, 1.165) is 28.3 Å². The number of hydrogen-bond acceptors (Lipinski definition) is 3. The van der Waals surface area contributed by atoms with Gasteiger partial charge in [-0.05, 0) is 28.4 Å². The summed E-state index contributed by atoms with van der Waals surface area (Å²) in [4.78, 5) is 4.22. The molecule has 0 radical (unpaired) electrons. The molecule has 0 N–H and O–H groups in total. The molecule has 0 bridgehead atoms. The zero-order valence-electron chi connectivity index (χ0n) is 7.80. The summed E-state index contributed by atoms with van der Waals surface area (Å²) in [5.41, 5.74) is 0. The minimum Gasteiger partial charge on any atom is -0.385 e. The Morgan fingerprint density at radius 2 is 2.43 bits per heavy atom. The molecule has 14 heavy (non-hydrogen) atoms. The first kappa shape index (κ1) is 12.3. The molecule has 0 unspecified atom stereocenters. The second kappa shape index (κ2) is 6.67. The third-order valence-electron chi connectivity index (χ3n) is 1.51. The number of aromatic nitrogens is 1. The first-order chi connectivity index (χ1) is 6.74. The van der Waals surface area contributed by atoms with Crippen molar-refractivity contribution in [2.75, 3.05) is 19.5 Å². The summed E-state index contributed by atoms with van der Waals surface area (Å²) in [6.07, 6.45) is 2.68. The Hall–Kier alpha value is 0.230. The normalized spacial score (nSPS) is 10.5. The highest BCUT2D eigenvalue weighted by atomic mass is 79.9. The Balaban J connectivity index is 2.42. The van der Waals surface area contributed by atoms with E-state index in [4.69, 9.17) is 16.3 Å². The van der Waals surface area contributed by atoms with Crippen LogP contribution in [0.15, 0.2) is 21.8 Å². The van der Waals surface area contributed by atoms with E-state index < -0.39 is 0 Å². The summed E-state index contributed by atoms with van der Waals surface area (Å²) in [6.45, 7) is 0.790. The van der Waals surface area contributed by atoms with Gasteiger partial charge >= 0.3 is 0 Å². The van der Waals surface area contributed by atoms with E-state index in [0.29, 0.717) is 5.02 Å². The maximum Gasteiger partial charge on any atom is 0.110 e. The number of rotatable bonds is 5. The lowest BCUT2D eigenvalue weighted by Gasteiger charge is -2.03. The van der Waals surface area contributed by atoms with Crippen molar-refractivity contribution in [2.24, 2.45) is 0 Å². The van der Waals surface area contributed by atoms with E-state index in [2.05, 4.69) is 20.9 Å². The quantitative estimate of drug-likeness (QED) is 0.612. The molecule has 78 valence electrons. The van der Waals surface area contributed by atoms with Gasteiger partial charge in [-0.25, -0.2) is 4.98 Å². The van der Waals surface area contributed by atoms with Crippen molar-refractivity contribution in [2.45, 2.75) is 11.4 Å². The largest absolute Gasteiger partial charge is 0.385 e. The Bertz CT molecular complexity index is 298. The molecule has 1 aromatic rings. The summed E-state index contributed by atoms with van der Waals surface area (Å²) >= 11 is 10.9. The van der Waals surface area contributed by atoms with Crippen molar-refractivity contribution >= 4 is 39.3 Å². The SMILES string of the molecule is COCCCSc1ncc(Cl)cc1Br. The van der Waals surface area contributed by atoms with Gasteiger partial charge < -0.3 is 4.74 Å². The van der Waals surface area contributed by atoms with Gasteiger partial charge in [0, 0.05) is 25.7 Å². The number of halogens is 2. The Kier molecular flexibility index (Phi) is 5.86. The van der Waals surface area contributed by atoms with Crippen molar-refractivity contribution in [3.8, 4) is 0 Å². The average Bonchev–Trinajstić information content (AvgIpc) is 2.15. The lowest BCUT2D eigenvalue weighted by molar-refractivity contribution is 0.200. The highest BCUT2D eigenvalue weighted by molar-refractivity contribution is 9.10. The van der Waals surface area contributed by atoms with Gasteiger partial charge in [0.2, 0.25) is 0 Å². The first-order valence-corrected chi connectivity index (χ1v) is 6.32. The van der Waals surface area contributed by atoms with Gasteiger partial charge in [-0.15, -0.1) is 11.8 Å². The molecule has 0 fully saturated rings. The van der Waals surface area contributed by atoms with Gasteiger partial charge in [-0.3, -0.25) is 0 Å². The van der Waals surface area contributed by atoms with Crippen molar-refractivity contribution in [1.29, 1.82) is 0 Å². The second-order valence-corrected chi connectivity index (χ2v) is 5.01. The van der Waals surface area contributed by atoms with Crippen LogP contribution in [-0.4, -0.2) is 24.5 Å². The van der Waals surface area contributed by atoms with Crippen LogP contribution in [0.4, 0.5) is 0 Å². The van der Waals surface area contributed by atoms with Gasteiger partial charge in [0.15, 0.2) is 0 Å². The summed E-state index contributed by atoms with van der Waals surface area (Å²) in [5.74, 6) is 1.00. The van der Waals surface area contributed by atoms with Crippen LogP contribution in [0.5, 0.6) is 0 Å². The smallest absolute Gasteiger partial charge is 0.110 e. The molecule has 0 amide bonds. The highest BCUT2D eigenvalue weighted by Crippen LogP contribution is 2.27. The van der Waals surface area contributed by atoms with Gasteiger partial charge in [-0.1, -0.05) is 11.6 Å². The molecule has 0 aliphatic carbocycles. The van der Waals surface area contributed by atoms with Crippen LogP contribution in [0.3, 0.4) is 0 Å². The van der Waals surface area contributed by atoms with Crippen LogP contribution in [0.1, 0.15) is 6.42 Å². The average molecular weight is 297 g/mol. The zero-order valence-corrected chi connectivity index (χ0v) is 11.0. The molecule has 0 saturated carbocycles. The highest BCUT2D eigenvalue weighted by Gasteiger charge is 2.02. The van der Waals surface area contributed by atoms with Crippen molar-refractivity contribution < 1.29 is 4.74 Å². The Labute approximate surface area is 102 Å². The molecule has 5 heteroatoms. The minimum absolute atomic E-state index is 0.651. The summed E-state index contributed by atoms with van der Waals surface area (Å²) in [5, 5.41) is 1.63. The third kappa shape index (κ3) is 4.17. The Morgan fingerprint density at radius 3 is 3.07 bits per heavy atom. The number of pyridine rings is 1. The number of methoxy groups -OCH3 is 1. The van der Waals surface area contributed by atoms with E-state index in [1.54, 1.807) is 25.1 Å². The maximum atomic E-state index is 5.78. The van der Waals surface area contributed by atoms with E-state index in [-0.39, 0.29) is 0 Å². The Morgan fingerprint density at radius 1 is 1.64 bits per heavy atom. The lowest BCUT2D eigenvalue weighted by Crippen LogP contribution is -1.91. The lowest BCUT2D eigenvalue weighted by atomic mass is 10.5. The van der Waals surface area contributed by atoms with E-state index in [1.165, 1.54) is 0 Å². The first-order valence-electron chi connectivity index (χ1n) is 4.17. The molecular formula is C9H11BrClNOS. The molecule has 1 aromatic heterocycles. The maximum absolute atomic E-state index is 5.78.